The van der Waals surface area contributed by atoms with Crippen LogP contribution in [0.3, 0.4) is 0 Å². The van der Waals surface area contributed by atoms with Gasteiger partial charge in [0.15, 0.2) is 5.75 Å². The molecular formula is C20H25O2. The first-order valence-corrected chi connectivity index (χ1v) is 8.07. The molecule has 1 radical (unpaired) electrons. The number of ether oxygens (including phenoxy) is 1. The van der Waals surface area contributed by atoms with Crippen molar-refractivity contribution in [2.75, 3.05) is 0 Å². The van der Waals surface area contributed by atoms with Crippen molar-refractivity contribution >= 4 is 0 Å². The molecule has 2 aromatic rings. The van der Waals surface area contributed by atoms with Gasteiger partial charge in [-0.3, -0.25) is 5.11 Å². The molecule has 0 saturated carbocycles. The van der Waals surface area contributed by atoms with Crippen molar-refractivity contribution < 1.29 is 9.84 Å². The molecule has 0 atom stereocenters. The van der Waals surface area contributed by atoms with Crippen molar-refractivity contribution in [3.05, 3.63) is 54.1 Å². The smallest absolute Gasteiger partial charge is 0.221 e. The van der Waals surface area contributed by atoms with E-state index >= 15 is 0 Å². The molecule has 0 heterocycles. The summed E-state index contributed by atoms with van der Waals surface area (Å²) in [6.07, 6.45) is 4.97. The zero-order chi connectivity index (χ0) is 16.0. The lowest BCUT2D eigenvalue weighted by molar-refractivity contribution is 0.329. The van der Waals surface area contributed by atoms with Crippen LogP contribution < -0.4 is 4.74 Å². The third-order valence-corrected chi connectivity index (χ3v) is 4.12. The first-order chi connectivity index (χ1) is 10.5. The van der Waals surface area contributed by atoms with Gasteiger partial charge in [-0.25, -0.2) is 0 Å². The van der Waals surface area contributed by atoms with Crippen LogP contribution in [0.4, 0.5) is 0 Å². The first kappa shape index (κ1) is 16.4. The Bertz CT molecular complexity index is 585. The van der Waals surface area contributed by atoms with Crippen molar-refractivity contribution in [3.8, 4) is 17.2 Å². The van der Waals surface area contributed by atoms with Crippen LogP contribution in [0.2, 0.25) is 0 Å². The van der Waals surface area contributed by atoms with Crippen molar-refractivity contribution in [2.24, 2.45) is 0 Å². The SMILES string of the molecule is CCCCCC(C)(C)c1ccc(Oc2ccccc2[O])cc1. The molecule has 0 aliphatic carbocycles. The Hall–Kier alpha value is -1.96. The highest BCUT2D eigenvalue weighted by Crippen LogP contribution is 2.33. The summed E-state index contributed by atoms with van der Waals surface area (Å²) in [5.74, 6) is 0.986. The van der Waals surface area contributed by atoms with E-state index in [1.807, 2.05) is 18.2 Å². The highest BCUT2D eigenvalue weighted by molar-refractivity contribution is 5.42. The summed E-state index contributed by atoms with van der Waals surface area (Å²) in [6, 6.07) is 14.8. The maximum atomic E-state index is 11.7. The standard InChI is InChI=1S/C20H25O2/c1-4-5-8-15-20(2,3)16-11-13-17(14-12-16)22-19-10-7-6-9-18(19)21/h6-7,9-14H,4-5,8,15H2,1-3H3. The summed E-state index contributed by atoms with van der Waals surface area (Å²) in [7, 11) is 0. The number of rotatable bonds is 7. The van der Waals surface area contributed by atoms with Gasteiger partial charge < -0.3 is 4.74 Å². The fourth-order valence-corrected chi connectivity index (χ4v) is 2.60. The highest BCUT2D eigenvalue weighted by Gasteiger charge is 2.19. The molecule has 0 aliphatic rings. The van der Waals surface area contributed by atoms with Crippen molar-refractivity contribution in [1.29, 1.82) is 0 Å². The minimum Gasteiger partial charge on any atom is -0.453 e. The van der Waals surface area contributed by atoms with Crippen molar-refractivity contribution in [3.63, 3.8) is 0 Å². The van der Waals surface area contributed by atoms with Crippen LogP contribution in [0.15, 0.2) is 48.5 Å². The van der Waals surface area contributed by atoms with Gasteiger partial charge in [0.25, 0.3) is 0 Å². The fourth-order valence-electron chi connectivity index (χ4n) is 2.60. The monoisotopic (exact) mass is 297 g/mol. The van der Waals surface area contributed by atoms with Crippen LogP contribution in [-0.2, 0) is 10.5 Å². The van der Waals surface area contributed by atoms with Crippen LogP contribution in [0.5, 0.6) is 17.2 Å². The molecule has 2 heteroatoms. The molecule has 0 fully saturated rings. The Morgan fingerprint density at radius 3 is 2.27 bits per heavy atom. The van der Waals surface area contributed by atoms with Gasteiger partial charge in [-0.15, -0.1) is 0 Å². The quantitative estimate of drug-likeness (QED) is 0.538. The number of benzene rings is 2. The molecule has 2 rings (SSSR count). The molecule has 0 amide bonds. The van der Waals surface area contributed by atoms with Gasteiger partial charge in [0, 0.05) is 0 Å². The van der Waals surface area contributed by atoms with Crippen LogP contribution in [0, 0.1) is 0 Å². The van der Waals surface area contributed by atoms with E-state index in [1.165, 1.54) is 37.3 Å². The summed E-state index contributed by atoms with van der Waals surface area (Å²) < 4.78 is 5.66. The number of hydrogen-bond acceptors (Lipinski definition) is 1. The van der Waals surface area contributed by atoms with Gasteiger partial charge in [-0.05, 0) is 41.7 Å². The minimum absolute atomic E-state index is 0.0912. The molecule has 2 nitrogen and oxygen atoms in total. The zero-order valence-electron chi connectivity index (χ0n) is 13.8. The predicted octanol–water partition coefficient (Wildman–Crippen LogP) is 6.48. The molecule has 0 N–H and O–H groups in total. The van der Waals surface area contributed by atoms with E-state index in [2.05, 4.69) is 32.9 Å². The zero-order valence-corrected chi connectivity index (χ0v) is 13.8. The molecule has 0 saturated heterocycles. The van der Waals surface area contributed by atoms with Gasteiger partial charge in [0.05, 0.1) is 0 Å². The van der Waals surface area contributed by atoms with Crippen molar-refractivity contribution in [2.45, 2.75) is 51.9 Å². The molecule has 0 aliphatic heterocycles. The van der Waals surface area contributed by atoms with E-state index in [9.17, 15) is 5.11 Å². The molecular weight excluding hydrogens is 272 g/mol. The molecule has 2 aromatic carbocycles. The second kappa shape index (κ2) is 7.35. The van der Waals surface area contributed by atoms with E-state index in [0.717, 1.165) is 0 Å². The summed E-state index contributed by atoms with van der Waals surface area (Å²) in [5, 5.41) is 11.7. The Kier molecular flexibility index (Phi) is 5.48. The number of para-hydroxylation sites is 2. The average Bonchev–Trinajstić information content (AvgIpc) is 2.50. The van der Waals surface area contributed by atoms with Crippen LogP contribution in [0.25, 0.3) is 0 Å². The second-order valence-electron chi connectivity index (χ2n) is 6.41. The van der Waals surface area contributed by atoms with Gasteiger partial charge in [0.2, 0.25) is 5.75 Å². The third kappa shape index (κ3) is 4.27. The van der Waals surface area contributed by atoms with Gasteiger partial charge >= 0.3 is 0 Å². The fraction of sp³-hybridized carbons (Fsp3) is 0.400. The Morgan fingerprint density at radius 2 is 1.64 bits per heavy atom. The molecule has 0 aromatic heterocycles. The molecule has 0 unspecified atom stereocenters. The largest absolute Gasteiger partial charge is 0.453 e. The Labute approximate surface area is 133 Å². The highest BCUT2D eigenvalue weighted by atomic mass is 16.5. The minimum atomic E-state index is -0.0912. The summed E-state index contributed by atoms with van der Waals surface area (Å²) in [5.41, 5.74) is 1.48. The normalized spacial score (nSPS) is 11.4. The van der Waals surface area contributed by atoms with Gasteiger partial charge in [-0.1, -0.05) is 64.3 Å². The van der Waals surface area contributed by atoms with E-state index < -0.39 is 0 Å². The van der Waals surface area contributed by atoms with E-state index in [-0.39, 0.29) is 11.2 Å². The lowest BCUT2D eigenvalue weighted by Crippen LogP contribution is -2.16. The predicted molar refractivity (Wildman–Crippen MR) is 90.3 cm³/mol. The summed E-state index contributed by atoms with van der Waals surface area (Å²) in [4.78, 5) is 0. The Morgan fingerprint density at radius 1 is 0.955 bits per heavy atom. The topological polar surface area (TPSA) is 29.1 Å². The Balaban J connectivity index is 2.05. The molecule has 22 heavy (non-hydrogen) atoms. The van der Waals surface area contributed by atoms with Gasteiger partial charge in [0.1, 0.15) is 5.75 Å². The van der Waals surface area contributed by atoms with E-state index in [4.69, 9.17) is 4.74 Å². The summed E-state index contributed by atoms with van der Waals surface area (Å²) in [6.45, 7) is 6.80. The first-order valence-electron chi connectivity index (χ1n) is 8.07. The van der Waals surface area contributed by atoms with E-state index in [1.54, 1.807) is 12.1 Å². The summed E-state index contributed by atoms with van der Waals surface area (Å²) >= 11 is 0. The average molecular weight is 297 g/mol. The third-order valence-electron chi connectivity index (χ3n) is 4.12. The molecule has 0 bridgehead atoms. The van der Waals surface area contributed by atoms with Gasteiger partial charge in [-0.2, -0.15) is 0 Å². The maximum absolute atomic E-state index is 11.7. The van der Waals surface area contributed by atoms with E-state index in [0.29, 0.717) is 11.5 Å². The number of unbranched alkanes of at least 4 members (excludes halogenated alkanes) is 2. The van der Waals surface area contributed by atoms with Crippen LogP contribution >= 0.6 is 0 Å². The lowest BCUT2D eigenvalue weighted by Gasteiger charge is -2.25. The van der Waals surface area contributed by atoms with Crippen LogP contribution in [0.1, 0.15) is 52.0 Å². The molecule has 117 valence electrons. The van der Waals surface area contributed by atoms with Crippen molar-refractivity contribution in [1.82, 2.24) is 0 Å². The molecule has 0 spiro atoms. The van der Waals surface area contributed by atoms with Crippen LogP contribution in [-0.4, -0.2) is 0 Å². The maximum Gasteiger partial charge on any atom is 0.221 e. The second-order valence-corrected chi connectivity index (χ2v) is 6.41. The lowest BCUT2D eigenvalue weighted by atomic mass is 9.80. The number of hydrogen-bond donors (Lipinski definition) is 0.